The van der Waals surface area contributed by atoms with Crippen LogP contribution < -0.4 is 5.32 Å². The molecule has 0 unspecified atom stereocenters. The van der Waals surface area contributed by atoms with Crippen molar-refractivity contribution >= 4 is 17.9 Å². The molecule has 1 heterocycles. The van der Waals surface area contributed by atoms with Crippen molar-refractivity contribution in [3.63, 3.8) is 0 Å². The molecule has 0 spiro atoms. The van der Waals surface area contributed by atoms with Gasteiger partial charge in [0.25, 0.3) is 5.91 Å². The van der Waals surface area contributed by atoms with Crippen LogP contribution in [0.15, 0.2) is 0 Å². The number of hydrogen-bond acceptors (Lipinski definition) is 4. The summed E-state index contributed by atoms with van der Waals surface area (Å²) < 4.78 is 4.60. The lowest BCUT2D eigenvalue weighted by molar-refractivity contribution is -0.143. The van der Waals surface area contributed by atoms with E-state index in [9.17, 15) is 14.4 Å². The van der Waals surface area contributed by atoms with Crippen LogP contribution in [0.4, 0.5) is 4.79 Å². The van der Waals surface area contributed by atoms with Gasteiger partial charge in [-0.25, -0.2) is 4.79 Å². The van der Waals surface area contributed by atoms with Gasteiger partial charge in [0.15, 0.2) is 0 Å². The zero-order valence-electron chi connectivity index (χ0n) is 7.15. The Hall–Kier alpha value is -1.59. The van der Waals surface area contributed by atoms with Gasteiger partial charge in [-0.1, -0.05) is 0 Å². The van der Waals surface area contributed by atoms with Gasteiger partial charge < -0.3 is 9.64 Å². The van der Waals surface area contributed by atoms with Crippen molar-refractivity contribution in [2.45, 2.75) is 6.92 Å². The van der Waals surface area contributed by atoms with Crippen LogP contribution in [-0.4, -0.2) is 42.5 Å². The van der Waals surface area contributed by atoms with Gasteiger partial charge in [-0.05, 0) is 6.92 Å². The van der Waals surface area contributed by atoms with Crippen LogP contribution in [0.5, 0.6) is 0 Å². The number of carbonyl (C=O) groups excluding carboxylic acids is 3. The van der Waals surface area contributed by atoms with Crippen molar-refractivity contribution in [2.75, 3.05) is 19.7 Å². The summed E-state index contributed by atoms with van der Waals surface area (Å²) in [6.07, 6.45) is 0. The van der Waals surface area contributed by atoms with E-state index in [1.807, 2.05) is 0 Å². The van der Waals surface area contributed by atoms with Crippen LogP contribution in [0.25, 0.3) is 0 Å². The Labute approximate surface area is 74.8 Å². The lowest BCUT2D eigenvalue weighted by atomic mass is 10.5. The van der Waals surface area contributed by atoms with Gasteiger partial charge in [0.2, 0.25) is 0 Å². The largest absolute Gasteiger partial charge is 0.465 e. The summed E-state index contributed by atoms with van der Waals surface area (Å²) in [5.74, 6) is -1.05. The Morgan fingerprint density at radius 3 is 2.77 bits per heavy atom. The van der Waals surface area contributed by atoms with Crippen LogP contribution >= 0.6 is 0 Å². The van der Waals surface area contributed by atoms with Crippen molar-refractivity contribution < 1.29 is 19.1 Å². The van der Waals surface area contributed by atoms with E-state index in [2.05, 4.69) is 10.1 Å². The summed E-state index contributed by atoms with van der Waals surface area (Å²) in [4.78, 5) is 33.4. The molecule has 0 aromatic rings. The van der Waals surface area contributed by atoms with E-state index in [1.165, 1.54) is 0 Å². The van der Waals surface area contributed by atoms with Crippen LogP contribution in [0.3, 0.4) is 0 Å². The molecule has 0 N–H and O–H groups in total. The first-order valence-electron chi connectivity index (χ1n) is 3.82. The molecular weight excluding hydrogens is 176 g/mol. The van der Waals surface area contributed by atoms with Gasteiger partial charge >= 0.3 is 12.0 Å². The molecule has 1 aliphatic heterocycles. The summed E-state index contributed by atoms with van der Waals surface area (Å²) in [6.45, 7) is 1.59. The maximum atomic E-state index is 10.9. The maximum absolute atomic E-state index is 10.9. The minimum atomic E-state index is -0.668. The van der Waals surface area contributed by atoms with E-state index >= 15 is 0 Å². The molecule has 0 atom stereocenters. The molecule has 1 fully saturated rings. The number of amides is 3. The van der Waals surface area contributed by atoms with Gasteiger partial charge in [0, 0.05) is 0 Å². The molecule has 6 nitrogen and oxygen atoms in total. The molecule has 0 saturated carbocycles. The second-order valence-electron chi connectivity index (χ2n) is 2.45. The van der Waals surface area contributed by atoms with Gasteiger partial charge in [-0.2, -0.15) is 5.32 Å². The van der Waals surface area contributed by atoms with Crippen molar-refractivity contribution in [2.24, 2.45) is 0 Å². The smallest absolute Gasteiger partial charge is 0.347 e. The van der Waals surface area contributed by atoms with Gasteiger partial charge in [-0.15, -0.1) is 0 Å². The monoisotopic (exact) mass is 185 g/mol. The molecule has 0 aliphatic carbocycles. The van der Waals surface area contributed by atoms with E-state index in [0.29, 0.717) is 0 Å². The summed E-state index contributed by atoms with van der Waals surface area (Å²) >= 11 is 0. The predicted molar refractivity (Wildman–Crippen MR) is 40.7 cm³/mol. The van der Waals surface area contributed by atoms with E-state index < -0.39 is 17.9 Å². The highest BCUT2D eigenvalue weighted by molar-refractivity contribution is 6.02. The first-order chi connectivity index (χ1) is 6.13. The SMILES string of the molecule is CCOC(=O)CN1CC(=O)[N]C1=O. The number of hydrogen-bond donors (Lipinski definition) is 0. The first kappa shape index (κ1) is 9.50. The number of nitrogens with zero attached hydrogens (tertiary/aromatic N) is 2. The van der Waals surface area contributed by atoms with Gasteiger partial charge in [0.1, 0.15) is 13.1 Å². The summed E-state index contributed by atoms with van der Waals surface area (Å²) in [5.41, 5.74) is 0. The lowest BCUT2D eigenvalue weighted by Gasteiger charge is -2.10. The third-order valence-electron chi connectivity index (χ3n) is 1.44. The molecule has 1 saturated heterocycles. The number of urea groups is 1. The first-order valence-corrected chi connectivity index (χ1v) is 3.82. The molecule has 3 amide bonds. The molecule has 0 aromatic carbocycles. The number of rotatable bonds is 3. The molecule has 0 bridgehead atoms. The Morgan fingerprint density at radius 1 is 1.62 bits per heavy atom. The van der Waals surface area contributed by atoms with E-state index in [-0.39, 0.29) is 19.7 Å². The topological polar surface area (TPSA) is 77.8 Å². The zero-order valence-corrected chi connectivity index (χ0v) is 7.15. The summed E-state index contributed by atoms with van der Waals surface area (Å²) in [5, 5.41) is 3.12. The highest BCUT2D eigenvalue weighted by Crippen LogP contribution is 1.99. The number of carbonyl (C=O) groups is 3. The Bertz CT molecular complexity index is 251. The molecule has 13 heavy (non-hydrogen) atoms. The van der Waals surface area contributed by atoms with E-state index in [0.717, 1.165) is 4.90 Å². The third kappa shape index (κ3) is 2.43. The van der Waals surface area contributed by atoms with Gasteiger partial charge in [-0.3, -0.25) is 9.59 Å². The van der Waals surface area contributed by atoms with Crippen LogP contribution in [0, 0.1) is 0 Å². The third-order valence-corrected chi connectivity index (χ3v) is 1.44. The van der Waals surface area contributed by atoms with Gasteiger partial charge in [0.05, 0.1) is 6.61 Å². The van der Waals surface area contributed by atoms with Crippen LogP contribution in [0.2, 0.25) is 0 Å². The van der Waals surface area contributed by atoms with Crippen molar-refractivity contribution in [3.05, 3.63) is 0 Å². The van der Waals surface area contributed by atoms with E-state index in [4.69, 9.17) is 0 Å². The molecule has 0 aromatic heterocycles. The minimum Gasteiger partial charge on any atom is -0.465 e. The second kappa shape index (κ2) is 3.88. The van der Waals surface area contributed by atoms with Crippen molar-refractivity contribution in [3.8, 4) is 0 Å². The van der Waals surface area contributed by atoms with Crippen LogP contribution in [0.1, 0.15) is 6.92 Å². The highest BCUT2D eigenvalue weighted by atomic mass is 16.5. The Kier molecular flexibility index (Phi) is 2.84. The van der Waals surface area contributed by atoms with Crippen molar-refractivity contribution in [1.29, 1.82) is 0 Å². The number of esters is 1. The second-order valence-corrected chi connectivity index (χ2v) is 2.45. The Balaban J connectivity index is 2.41. The minimum absolute atomic E-state index is 0.127. The van der Waals surface area contributed by atoms with Crippen molar-refractivity contribution in [1.82, 2.24) is 10.2 Å². The number of ether oxygens (including phenoxy) is 1. The zero-order chi connectivity index (χ0) is 9.84. The summed E-state index contributed by atoms with van der Waals surface area (Å²) in [6, 6.07) is -0.668. The quantitative estimate of drug-likeness (QED) is 0.422. The fourth-order valence-corrected chi connectivity index (χ4v) is 0.930. The molecule has 1 aliphatic rings. The fraction of sp³-hybridized carbons (Fsp3) is 0.571. The average molecular weight is 185 g/mol. The molecular formula is C7H9N2O4. The van der Waals surface area contributed by atoms with Crippen LogP contribution in [-0.2, 0) is 14.3 Å². The molecule has 71 valence electrons. The predicted octanol–water partition coefficient (Wildman–Crippen LogP) is -0.884. The molecule has 1 rings (SSSR count). The standard InChI is InChI=1S/C7H9N2O4/c1-2-13-6(11)4-9-3-5(10)8-7(9)12/h2-4H2,1H3. The maximum Gasteiger partial charge on any atom is 0.347 e. The highest BCUT2D eigenvalue weighted by Gasteiger charge is 2.30. The van der Waals surface area contributed by atoms with E-state index in [1.54, 1.807) is 6.92 Å². The fourth-order valence-electron chi connectivity index (χ4n) is 0.930. The normalized spacial score (nSPS) is 15.9. The molecule has 6 heteroatoms. The average Bonchev–Trinajstić information content (AvgIpc) is 2.30. The lowest BCUT2D eigenvalue weighted by Crippen LogP contribution is -2.32. The molecule has 1 radical (unpaired) electrons. The number of imide groups is 1. The Morgan fingerprint density at radius 2 is 2.31 bits per heavy atom. The summed E-state index contributed by atoms with van der Waals surface area (Å²) in [7, 11) is 0.